The first-order valence-corrected chi connectivity index (χ1v) is 7.07. The van der Waals surface area contributed by atoms with Gasteiger partial charge in [0, 0.05) is 31.2 Å². The van der Waals surface area contributed by atoms with E-state index < -0.39 is 0 Å². The number of carbonyl (C=O) groups is 1. The maximum absolute atomic E-state index is 12.5. The Morgan fingerprint density at radius 1 is 1.40 bits per heavy atom. The molecule has 1 saturated heterocycles. The minimum absolute atomic E-state index is 0. The molecule has 1 N–H and O–H groups in total. The SMILES string of the molecule is CNC1CCCN(C(=O)c2ccnc(C3CC3)n2)C1.Cl. The molecule has 0 spiro atoms. The van der Waals surface area contributed by atoms with Crippen LogP contribution in [0.15, 0.2) is 12.3 Å². The lowest BCUT2D eigenvalue weighted by atomic mass is 10.1. The van der Waals surface area contributed by atoms with Gasteiger partial charge in [0.15, 0.2) is 0 Å². The zero-order chi connectivity index (χ0) is 13.2. The molecule has 0 radical (unpaired) electrons. The Bertz CT molecular complexity index is 478. The van der Waals surface area contributed by atoms with Crippen molar-refractivity contribution in [1.29, 1.82) is 0 Å². The molecule has 0 aromatic carbocycles. The number of hydrogen-bond donors (Lipinski definition) is 1. The molecule has 20 heavy (non-hydrogen) atoms. The van der Waals surface area contributed by atoms with Crippen molar-refractivity contribution in [2.75, 3.05) is 20.1 Å². The molecule has 2 aliphatic rings. The Balaban J connectivity index is 0.00000147. The summed E-state index contributed by atoms with van der Waals surface area (Å²) in [7, 11) is 1.95. The molecule has 1 aromatic heterocycles. The summed E-state index contributed by atoms with van der Waals surface area (Å²) in [6.45, 7) is 1.61. The Morgan fingerprint density at radius 2 is 2.20 bits per heavy atom. The summed E-state index contributed by atoms with van der Waals surface area (Å²) in [6.07, 6.45) is 6.22. The number of likely N-dealkylation sites (tertiary alicyclic amines) is 1. The average Bonchev–Trinajstić information content (AvgIpc) is 3.31. The molecular formula is C14H21ClN4O. The Morgan fingerprint density at radius 3 is 2.90 bits per heavy atom. The highest BCUT2D eigenvalue weighted by Crippen LogP contribution is 2.37. The van der Waals surface area contributed by atoms with Crippen molar-refractivity contribution in [2.45, 2.75) is 37.6 Å². The summed E-state index contributed by atoms with van der Waals surface area (Å²) in [5.74, 6) is 1.37. The molecule has 2 fully saturated rings. The van der Waals surface area contributed by atoms with E-state index in [1.54, 1.807) is 12.3 Å². The van der Waals surface area contributed by atoms with Crippen LogP contribution < -0.4 is 5.32 Å². The van der Waals surface area contributed by atoms with E-state index in [0.717, 1.165) is 44.6 Å². The van der Waals surface area contributed by atoms with E-state index in [2.05, 4.69) is 15.3 Å². The van der Waals surface area contributed by atoms with Gasteiger partial charge in [-0.15, -0.1) is 12.4 Å². The number of nitrogens with one attached hydrogen (secondary N) is 1. The number of piperidine rings is 1. The third kappa shape index (κ3) is 3.27. The Hall–Kier alpha value is -1.20. The van der Waals surface area contributed by atoms with Gasteiger partial charge in [-0.05, 0) is 38.8 Å². The third-order valence-corrected chi connectivity index (χ3v) is 3.95. The first-order chi connectivity index (χ1) is 9.28. The molecule has 5 nitrogen and oxygen atoms in total. The smallest absolute Gasteiger partial charge is 0.272 e. The van der Waals surface area contributed by atoms with E-state index in [1.165, 1.54) is 0 Å². The summed E-state index contributed by atoms with van der Waals surface area (Å²) in [5.41, 5.74) is 0.550. The number of amides is 1. The van der Waals surface area contributed by atoms with Crippen LogP contribution >= 0.6 is 12.4 Å². The predicted molar refractivity (Wildman–Crippen MR) is 79.2 cm³/mol. The second kappa shape index (κ2) is 6.50. The number of carbonyl (C=O) groups excluding carboxylic acids is 1. The monoisotopic (exact) mass is 296 g/mol. The third-order valence-electron chi connectivity index (χ3n) is 3.95. The normalized spacial score (nSPS) is 22.2. The molecule has 1 aliphatic heterocycles. The largest absolute Gasteiger partial charge is 0.336 e. The minimum Gasteiger partial charge on any atom is -0.336 e. The van der Waals surface area contributed by atoms with Crippen molar-refractivity contribution in [3.63, 3.8) is 0 Å². The number of likely N-dealkylation sites (N-methyl/N-ethyl adjacent to an activating group) is 1. The van der Waals surface area contributed by atoms with E-state index in [0.29, 0.717) is 17.7 Å². The lowest BCUT2D eigenvalue weighted by molar-refractivity contribution is 0.0691. The molecule has 6 heteroatoms. The molecule has 1 unspecified atom stereocenters. The van der Waals surface area contributed by atoms with Gasteiger partial charge in [0.2, 0.25) is 0 Å². The van der Waals surface area contributed by atoms with Gasteiger partial charge in [0.05, 0.1) is 0 Å². The van der Waals surface area contributed by atoms with E-state index >= 15 is 0 Å². The summed E-state index contributed by atoms with van der Waals surface area (Å²) in [4.78, 5) is 23.1. The Kier molecular flexibility index (Phi) is 4.94. The van der Waals surface area contributed by atoms with Gasteiger partial charge in [0.25, 0.3) is 5.91 Å². The quantitative estimate of drug-likeness (QED) is 0.920. The number of halogens is 1. The first kappa shape index (κ1) is 15.2. The number of rotatable bonds is 3. The fourth-order valence-electron chi connectivity index (χ4n) is 2.59. The van der Waals surface area contributed by atoms with Crippen LogP contribution in [0.5, 0.6) is 0 Å². The second-order valence-electron chi connectivity index (χ2n) is 5.45. The molecule has 1 amide bonds. The highest BCUT2D eigenvalue weighted by molar-refractivity contribution is 5.92. The molecule has 3 rings (SSSR count). The van der Waals surface area contributed by atoms with Crippen molar-refractivity contribution in [1.82, 2.24) is 20.2 Å². The van der Waals surface area contributed by atoms with Gasteiger partial charge in [-0.3, -0.25) is 4.79 Å². The van der Waals surface area contributed by atoms with Crippen LogP contribution in [0.25, 0.3) is 0 Å². The summed E-state index contributed by atoms with van der Waals surface area (Å²) >= 11 is 0. The van der Waals surface area contributed by atoms with Crippen molar-refractivity contribution >= 4 is 18.3 Å². The van der Waals surface area contributed by atoms with E-state index in [1.807, 2.05) is 11.9 Å². The topological polar surface area (TPSA) is 58.1 Å². The number of nitrogens with zero attached hydrogens (tertiary/aromatic N) is 3. The fraction of sp³-hybridized carbons (Fsp3) is 0.643. The van der Waals surface area contributed by atoms with Gasteiger partial charge in [0.1, 0.15) is 11.5 Å². The summed E-state index contributed by atoms with van der Waals surface area (Å²) < 4.78 is 0. The standard InChI is InChI=1S/C14H20N4O.ClH/c1-15-11-3-2-8-18(9-11)14(19)12-6-7-16-13(17-12)10-4-5-10;/h6-7,10-11,15H,2-5,8-9H2,1H3;1H. The predicted octanol–water partition coefficient (Wildman–Crippen LogP) is 1.60. The van der Waals surface area contributed by atoms with Gasteiger partial charge in [-0.2, -0.15) is 0 Å². The lowest BCUT2D eigenvalue weighted by Gasteiger charge is -2.32. The van der Waals surface area contributed by atoms with E-state index in [9.17, 15) is 4.79 Å². The van der Waals surface area contributed by atoms with Crippen LogP contribution in [-0.2, 0) is 0 Å². The van der Waals surface area contributed by atoms with Gasteiger partial charge in [-0.1, -0.05) is 0 Å². The van der Waals surface area contributed by atoms with Gasteiger partial charge >= 0.3 is 0 Å². The maximum Gasteiger partial charge on any atom is 0.272 e. The van der Waals surface area contributed by atoms with Crippen LogP contribution in [0.2, 0.25) is 0 Å². The highest BCUT2D eigenvalue weighted by Gasteiger charge is 2.29. The van der Waals surface area contributed by atoms with Crippen LogP contribution in [0.1, 0.15) is 47.9 Å². The Labute approximate surface area is 125 Å². The van der Waals surface area contributed by atoms with Crippen molar-refractivity contribution in [3.8, 4) is 0 Å². The number of aromatic nitrogens is 2. The van der Waals surface area contributed by atoms with E-state index in [4.69, 9.17) is 0 Å². The molecule has 110 valence electrons. The van der Waals surface area contributed by atoms with Crippen LogP contribution in [0, 0.1) is 0 Å². The molecule has 2 heterocycles. The van der Waals surface area contributed by atoms with Crippen LogP contribution in [-0.4, -0.2) is 47.0 Å². The average molecular weight is 297 g/mol. The molecule has 1 atom stereocenters. The van der Waals surface area contributed by atoms with E-state index in [-0.39, 0.29) is 18.3 Å². The van der Waals surface area contributed by atoms with Crippen LogP contribution in [0.4, 0.5) is 0 Å². The maximum atomic E-state index is 12.5. The summed E-state index contributed by atoms with van der Waals surface area (Å²) in [5, 5.41) is 3.25. The first-order valence-electron chi connectivity index (χ1n) is 7.07. The molecule has 1 aromatic rings. The lowest BCUT2D eigenvalue weighted by Crippen LogP contribution is -2.47. The zero-order valence-electron chi connectivity index (χ0n) is 11.7. The number of hydrogen-bond acceptors (Lipinski definition) is 4. The van der Waals surface area contributed by atoms with Crippen molar-refractivity contribution in [2.24, 2.45) is 0 Å². The minimum atomic E-state index is 0. The van der Waals surface area contributed by atoms with Crippen LogP contribution in [0.3, 0.4) is 0 Å². The second-order valence-corrected chi connectivity index (χ2v) is 5.45. The molecule has 0 bridgehead atoms. The fourth-order valence-corrected chi connectivity index (χ4v) is 2.59. The van der Waals surface area contributed by atoms with Crippen molar-refractivity contribution < 1.29 is 4.79 Å². The highest BCUT2D eigenvalue weighted by atomic mass is 35.5. The molecule has 1 aliphatic carbocycles. The van der Waals surface area contributed by atoms with Crippen molar-refractivity contribution in [3.05, 3.63) is 23.8 Å². The molecular weight excluding hydrogens is 276 g/mol. The summed E-state index contributed by atoms with van der Waals surface area (Å²) in [6, 6.07) is 2.14. The molecule has 1 saturated carbocycles. The zero-order valence-corrected chi connectivity index (χ0v) is 12.5. The van der Waals surface area contributed by atoms with Gasteiger partial charge < -0.3 is 10.2 Å². The van der Waals surface area contributed by atoms with Gasteiger partial charge in [-0.25, -0.2) is 9.97 Å².